The Balaban J connectivity index is 4.52. The van der Waals surface area contributed by atoms with E-state index < -0.39 is 24.2 Å². The van der Waals surface area contributed by atoms with E-state index in [0.717, 1.165) is 0 Å². The van der Waals surface area contributed by atoms with Gasteiger partial charge >= 0.3 is 0 Å². The van der Waals surface area contributed by atoms with Gasteiger partial charge in [-0.3, -0.25) is 10.2 Å². The predicted molar refractivity (Wildman–Crippen MR) is 51.8 cm³/mol. The number of rotatable bonds is 7. The van der Waals surface area contributed by atoms with Crippen molar-refractivity contribution in [2.75, 3.05) is 27.9 Å². The summed E-state index contributed by atoms with van der Waals surface area (Å²) in [7, 11) is 4.12. The third kappa shape index (κ3) is 4.10. The van der Waals surface area contributed by atoms with Gasteiger partial charge < -0.3 is 19.3 Å². The highest BCUT2D eigenvalue weighted by Gasteiger charge is 2.33. The molecular formula is C8H18N2O5. The molecule has 7 nitrogen and oxygen atoms in total. The van der Waals surface area contributed by atoms with Crippen molar-refractivity contribution >= 4 is 5.91 Å². The second kappa shape index (κ2) is 7.55. The molecule has 0 aliphatic heterocycles. The van der Waals surface area contributed by atoms with Crippen LogP contribution in [0.2, 0.25) is 0 Å². The second-order valence-corrected chi connectivity index (χ2v) is 2.89. The lowest BCUT2D eigenvalue weighted by Crippen LogP contribution is -2.52. The van der Waals surface area contributed by atoms with Crippen LogP contribution < -0.4 is 11.3 Å². The molecule has 0 aromatic carbocycles. The van der Waals surface area contributed by atoms with Crippen LogP contribution in [0.5, 0.6) is 0 Å². The number of nitrogens with two attached hydrogens (primary N) is 1. The molecule has 4 N–H and O–H groups in total. The van der Waals surface area contributed by atoms with E-state index in [9.17, 15) is 9.90 Å². The van der Waals surface area contributed by atoms with Crippen molar-refractivity contribution in [2.24, 2.45) is 5.84 Å². The molecule has 0 heterocycles. The van der Waals surface area contributed by atoms with E-state index in [2.05, 4.69) is 0 Å². The Labute approximate surface area is 88.5 Å². The lowest BCUT2D eigenvalue weighted by atomic mass is 10.1. The smallest absolute Gasteiger partial charge is 0.265 e. The number of methoxy groups -OCH3 is 3. The molecule has 0 bridgehead atoms. The number of ether oxygens (including phenoxy) is 3. The molecule has 0 saturated heterocycles. The van der Waals surface area contributed by atoms with E-state index in [4.69, 9.17) is 20.1 Å². The van der Waals surface area contributed by atoms with Crippen LogP contribution in [0, 0.1) is 0 Å². The molecule has 90 valence electrons. The first-order chi connectivity index (χ1) is 7.12. The summed E-state index contributed by atoms with van der Waals surface area (Å²) in [6.45, 7) is 0.0379. The molecule has 0 radical (unpaired) electrons. The standard InChI is InChI=1S/C8H18N2O5/c1-13-4-5(11)6(14-2)7(15-3)8(12)10-9/h5-7,11H,4,9H2,1-3H3,(H,10,12)/t5-,6-,7-/m1/s1. The minimum absolute atomic E-state index is 0.0379. The maximum Gasteiger partial charge on any atom is 0.265 e. The first-order valence-electron chi connectivity index (χ1n) is 4.35. The Morgan fingerprint density at radius 3 is 2.33 bits per heavy atom. The van der Waals surface area contributed by atoms with Gasteiger partial charge in [-0.25, -0.2) is 5.84 Å². The van der Waals surface area contributed by atoms with Crippen molar-refractivity contribution in [1.82, 2.24) is 5.43 Å². The predicted octanol–water partition coefficient (Wildman–Crippen LogP) is -1.99. The number of nitrogens with one attached hydrogen (secondary N) is 1. The van der Waals surface area contributed by atoms with Gasteiger partial charge in [0.25, 0.3) is 5.91 Å². The summed E-state index contributed by atoms with van der Waals surface area (Å²) in [5.41, 5.74) is 1.93. The van der Waals surface area contributed by atoms with Gasteiger partial charge in [-0.15, -0.1) is 0 Å². The Bertz CT molecular complexity index is 190. The number of amides is 1. The lowest BCUT2D eigenvalue weighted by Gasteiger charge is -2.26. The van der Waals surface area contributed by atoms with E-state index in [1.54, 1.807) is 0 Å². The van der Waals surface area contributed by atoms with Crippen molar-refractivity contribution in [3.63, 3.8) is 0 Å². The number of aliphatic hydroxyl groups excluding tert-OH is 1. The summed E-state index contributed by atoms with van der Waals surface area (Å²) in [4.78, 5) is 11.3. The quantitative estimate of drug-likeness (QED) is 0.262. The zero-order valence-corrected chi connectivity index (χ0v) is 9.10. The fourth-order valence-corrected chi connectivity index (χ4v) is 1.22. The van der Waals surface area contributed by atoms with Crippen molar-refractivity contribution in [1.29, 1.82) is 0 Å². The van der Waals surface area contributed by atoms with Crippen LogP contribution in [-0.2, 0) is 19.0 Å². The number of hydrogen-bond acceptors (Lipinski definition) is 6. The van der Waals surface area contributed by atoms with Crippen molar-refractivity contribution in [3.05, 3.63) is 0 Å². The van der Waals surface area contributed by atoms with Crippen LogP contribution in [0.1, 0.15) is 0 Å². The van der Waals surface area contributed by atoms with Gasteiger partial charge in [0.1, 0.15) is 12.2 Å². The number of carbonyl (C=O) groups is 1. The van der Waals surface area contributed by atoms with Gasteiger partial charge in [0.15, 0.2) is 6.10 Å². The molecule has 0 aliphatic carbocycles. The summed E-state index contributed by atoms with van der Waals surface area (Å²) in [6.07, 6.45) is -2.79. The summed E-state index contributed by atoms with van der Waals surface area (Å²) in [5.74, 6) is 4.40. The molecule has 0 saturated carbocycles. The van der Waals surface area contributed by atoms with Gasteiger partial charge in [-0.2, -0.15) is 0 Å². The highest BCUT2D eigenvalue weighted by atomic mass is 16.5. The maximum absolute atomic E-state index is 11.3. The first-order valence-corrected chi connectivity index (χ1v) is 4.35. The molecule has 0 spiro atoms. The summed E-state index contributed by atoms with van der Waals surface area (Å²) >= 11 is 0. The van der Waals surface area contributed by atoms with Gasteiger partial charge in [-0.1, -0.05) is 0 Å². The van der Waals surface area contributed by atoms with Crippen LogP contribution in [0.25, 0.3) is 0 Å². The second-order valence-electron chi connectivity index (χ2n) is 2.89. The minimum atomic E-state index is -0.981. The number of hydrogen-bond donors (Lipinski definition) is 3. The molecule has 0 rings (SSSR count). The van der Waals surface area contributed by atoms with Gasteiger partial charge in [-0.05, 0) is 0 Å². The summed E-state index contributed by atoms with van der Waals surface area (Å²) < 4.78 is 14.6. The van der Waals surface area contributed by atoms with Crippen molar-refractivity contribution in [2.45, 2.75) is 18.3 Å². The van der Waals surface area contributed by atoms with E-state index in [0.29, 0.717) is 0 Å². The molecule has 0 aromatic rings. The maximum atomic E-state index is 11.3. The average Bonchev–Trinajstić information content (AvgIpc) is 2.24. The summed E-state index contributed by atoms with van der Waals surface area (Å²) in [6, 6.07) is 0. The first kappa shape index (κ1) is 14.3. The molecule has 0 fully saturated rings. The Kier molecular flexibility index (Phi) is 7.18. The molecule has 0 aliphatic rings. The highest BCUT2D eigenvalue weighted by molar-refractivity contribution is 5.80. The zero-order valence-electron chi connectivity index (χ0n) is 9.10. The van der Waals surface area contributed by atoms with Crippen LogP contribution in [0.4, 0.5) is 0 Å². The van der Waals surface area contributed by atoms with Gasteiger partial charge in [0.05, 0.1) is 6.61 Å². The molecular weight excluding hydrogens is 204 g/mol. The molecule has 1 amide bonds. The van der Waals surface area contributed by atoms with Crippen LogP contribution in [-0.4, -0.2) is 57.3 Å². The van der Waals surface area contributed by atoms with Crippen LogP contribution in [0.3, 0.4) is 0 Å². The van der Waals surface area contributed by atoms with Gasteiger partial charge in [0.2, 0.25) is 0 Å². The fraction of sp³-hybridized carbons (Fsp3) is 0.875. The van der Waals surface area contributed by atoms with Gasteiger partial charge in [0, 0.05) is 21.3 Å². The third-order valence-corrected chi connectivity index (χ3v) is 1.94. The van der Waals surface area contributed by atoms with E-state index >= 15 is 0 Å². The Hall–Kier alpha value is -0.730. The average molecular weight is 222 g/mol. The number of aliphatic hydroxyl groups is 1. The molecule has 15 heavy (non-hydrogen) atoms. The van der Waals surface area contributed by atoms with E-state index in [1.807, 2.05) is 5.43 Å². The monoisotopic (exact) mass is 222 g/mol. The molecule has 7 heteroatoms. The van der Waals surface area contributed by atoms with E-state index in [1.165, 1.54) is 21.3 Å². The van der Waals surface area contributed by atoms with Crippen molar-refractivity contribution < 1.29 is 24.1 Å². The number of carbonyl (C=O) groups excluding carboxylic acids is 1. The zero-order chi connectivity index (χ0) is 11.8. The largest absolute Gasteiger partial charge is 0.388 e. The SMILES string of the molecule is COC[C@@H](O)[C@@H](OC)[C@@H](OC)C(=O)NN. The number of hydrazine groups is 1. The molecule has 0 unspecified atom stereocenters. The minimum Gasteiger partial charge on any atom is -0.388 e. The topological polar surface area (TPSA) is 103 Å². The third-order valence-electron chi connectivity index (χ3n) is 1.94. The van der Waals surface area contributed by atoms with Crippen molar-refractivity contribution in [3.8, 4) is 0 Å². The van der Waals surface area contributed by atoms with Crippen LogP contribution >= 0.6 is 0 Å². The lowest BCUT2D eigenvalue weighted by molar-refractivity contribution is -0.151. The highest BCUT2D eigenvalue weighted by Crippen LogP contribution is 2.08. The van der Waals surface area contributed by atoms with Crippen LogP contribution in [0.15, 0.2) is 0 Å². The fourth-order valence-electron chi connectivity index (χ4n) is 1.22. The summed E-state index contributed by atoms with van der Waals surface area (Å²) in [5, 5.41) is 9.60. The Morgan fingerprint density at radius 2 is 2.00 bits per heavy atom. The molecule has 0 aromatic heterocycles. The van der Waals surface area contributed by atoms with E-state index in [-0.39, 0.29) is 6.61 Å². The Morgan fingerprint density at radius 1 is 1.40 bits per heavy atom. The molecule has 3 atom stereocenters. The normalized spacial score (nSPS) is 16.9.